The van der Waals surface area contributed by atoms with Crippen LogP contribution in [0.2, 0.25) is 0 Å². The molecule has 1 rings (SSSR count). The van der Waals surface area contributed by atoms with Crippen molar-refractivity contribution in [3.05, 3.63) is 0 Å². The lowest BCUT2D eigenvalue weighted by Gasteiger charge is -2.32. The molecule has 5 heteroatoms. The number of hydrogen-bond donors (Lipinski definition) is 2. The average Bonchev–Trinajstić information content (AvgIpc) is 2.68. The number of ether oxygens (including phenoxy) is 1. The van der Waals surface area contributed by atoms with E-state index in [4.69, 9.17) is 4.74 Å². The monoisotopic (exact) mass is 259 g/mol. The topological polar surface area (TPSA) is 70.0 Å². The van der Waals surface area contributed by atoms with Crippen LogP contribution in [-0.4, -0.2) is 59.0 Å². The Bertz CT molecular complexity index is 272. The number of nitrogens with zero attached hydrogens (tertiary/aromatic N) is 1. The molecule has 106 valence electrons. The number of carbonyl (C=O) groups is 1. The van der Waals surface area contributed by atoms with Crippen LogP contribution in [0.25, 0.3) is 0 Å². The Morgan fingerprint density at radius 1 is 1.56 bits per heavy atom. The third kappa shape index (κ3) is 3.93. The van der Waals surface area contributed by atoms with Gasteiger partial charge in [0.15, 0.2) is 0 Å². The minimum absolute atomic E-state index is 0.284. The summed E-state index contributed by atoms with van der Waals surface area (Å²) in [6.07, 6.45) is 2.96. The molecule has 1 saturated heterocycles. The van der Waals surface area contributed by atoms with Crippen molar-refractivity contribution >= 4 is 5.97 Å². The fourth-order valence-electron chi connectivity index (χ4n) is 2.33. The van der Waals surface area contributed by atoms with Crippen molar-refractivity contribution in [1.82, 2.24) is 4.90 Å². The van der Waals surface area contributed by atoms with Gasteiger partial charge in [0.2, 0.25) is 0 Å². The Hall–Kier alpha value is -0.650. The van der Waals surface area contributed by atoms with E-state index in [2.05, 4.69) is 6.92 Å². The van der Waals surface area contributed by atoms with Crippen molar-refractivity contribution in [2.24, 2.45) is 0 Å². The van der Waals surface area contributed by atoms with E-state index in [1.54, 1.807) is 6.92 Å². The number of β-amino-alcohol motifs (C(OH)–C–C–N with tert-alkyl or cyclic N) is 1. The molecule has 2 unspecified atom stereocenters. The lowest BCUT2D eigenvalue weighted by atomic mass is 9.99. The standard InChI is InChI=1S/C13H25NO4/c1-3-4-8-18-10-11(15)9-14-7-5-6-13(14,2)12(16)17/h11,15H,3-10H2,1-2H3,(H,16,17). The molecule has 0 aliphatic carbocycles. The fourth-order valence-corrected chi connectivity index (χ4v) is 2.33. The van der Waals surface area contributed by atoms with Crippen LogP contribution in [0.1, 0.15) is 39.5 Å². The first-order chi connectivity index (χ1) is 8.50. The SMILES string of the molecule is CCCCOCC(O)CN1CCCC1(C)C(=O)O. The zero-order valence-electron chi connectivity index (χ0n) is 11.4. The number of carboxylic acids is 1. The summed E-state index contributed by atoms with van der Waals surface area (Å²) in [5.41, 5.74) is -0.829. The minimum atomic E-state index is -0.829. The second-order valence-corrected chi connectivity index (χ2v) is 5.21. The van der Waals surface area contributed by atoms with Gasteiger partial charge in [0.25, 0.3) is 0 Å². The van der Waals surface area contributed by atoms with Crippen molar-refractivity contribution in [2.45, 2.75) is 51.2 Å². The molecule has 0 bridgehead atoms. The molecule has 0 spiro atoms. The Labute approximate surface area is 109 Å². The Morgan fingerprint density at radius 3 is 2.89 bits per heavy atom. The molecule has 1 aliphatic heterocycles. The predicted molar refractivity (Wildman–Crippen MR) is 68.6 cm³/mol. The molecule has 5 nitrogen and oxygen atoms in total. The van der Waals surface area contributed by atoms with Gasteiger partial charge < -0.3 is 14.9 Å². The quantitative estimate of drug-likeness (QED) is 0.639. The van der Waals surface area contributed by atoms with Crippen molar-refractivity contribution < 1.29 is 19.7 Å². The summed E-state index contributed by atoms with van der Waals surface area (Å²) in [6, 6.07) is 0. The highest BCUT2D eigenvalue weighted by Gasteiger charge is 2.43. The highest BCUT2D eigenvalue weighted by molar-refractivity contribution is 5.78. The van der Waals surface area contributed by atoms with E-state index in [9.17, 15) is 15.0 Å². The third-order valence-corrected chi connectivity index (χ3v) is 3.63. The summed E-state index contributed by atoms with van der Waals surface area (Å²) in [4.78, 5) is 13.1. The van der Waals surface area contributed by atoms with Crippen LogP contribution in [0, 0.1) is 0 Å². The number of rotatable bonds is 8. The van der Waals surface area contributed by atoms with Crippen LogP contribution in [0.5, 0.6) is 0 Å². The molecule has 18 heavy (non-hydrogen) atoms. The summed E-state index contributed by atoms with van der Waals surface area (Å²) >= 11 is 0. The van der Waals surface area contributed by atoms with Crippen LogP contribution in [0.3, 0.4) is 0 Å². The summed E-state index contributed by atoms with van der Waals surface area (Å²) in [6.45, 7) is 5.86. The number of hydrogen-bond acceptors (Lipinski definition) is 4. The summed E-state index contributed by atoms with van der Waals surface area (Å²) in [5, 5.41) is 19.1. The van der Waals surface area contributed by atoms with E-state index in [-0.39, 0.29) is 6.61 Å². The number of likely N-dealkylation sites (tertiary alicyclic amines) is 1. The minimum Gasteiger partial charge on any atom is -0.480 e. The molecular formula is C13H25NO4. The molecule has 2 N–H and O–H groups in total. The second kappa shape index (κ2) is 7.07. The van der Waals surface area contributed by atoms with Gasteiger partial charge in [-0.05, 0) is 32.7 Å². The van der Waals surface area contributed by atoms with Crippen molar-refractivity contribution in [3.63, 3.8) is 0 Å². The molecule has 0 saturated carbocycles. The Balaban J connectivity index is 2.34. The zero-order valence-corrected chi connectivity index (χ0v) is 11.4. The number of carboxylic acid groups (broad SMARTS) is 1. The molecule has 0 aromatic rings. The first-order valence-corrected chi connectivity index (χ1v) is 6.75. The summed E-state index contributed by atoms with van der Waals surface area (Å²) in [7, 11) is 0. The Kier molecular flexibility index (Phi) is 6.05. The fraction of sp³-hybridized carbons (Fsp3) is 0.923. The van der Waals surface area contributed by atoms with Crippen LogP contribution < -0.4 is 0 Å². The first kappa shape index (κ1) is 15.4. The van der Waals surface area contributed by atoms with Gasteiger partial charge in [-0.3, -0.25) is 9.69 Å². The molecular weight excluding hydrogens is 234 g/mol. The van der Waals surface area contributed by atoms with Crippen LogP contribution in [0.15, 0.2) is 0 Å². The predicted octanol–water partition coefficient (Wildman–Crippen LogP) is 1.10. The van der Waals surface area contributed by atoms with Crippen molar-refractivity contribution in [1.29, 1.82) is 0 Å². The molecule has 2 atom stereocenters. The maximum absolute atomic E-state index is 11.3. The number of aliphatic carboxylic acids is 1. The maximum Gasteiger partial charge on any atom is 0.323 e. The molecule has 1 fully saturated rings. The molecule has 0 aromatic carbocycles. The van der Waals surface area contributed by atoms with Gasteiger partial charge in [-0.15, -0.1) is 0 Å². The summed E-state index contributed by atoms with van der Waals surface area (Å²) in [5.74, 6) is -0.806. The van der Waals surface area contributed by atoms with E-state index in [1.807, 2.05) is 4.90 Å². The normalized spacial score (nSPS) is 26.4. The lowest BCUT2D eigenvalue weighted by molar-refractivity contribution is -0.149. The summed E-state index contributed by atoms with van der Waals surface area (Å²) < 4.78 is 5.35. The Morgan fingerprint density at radius 2 is 2.28 bits per heavy atom. The van der Waals surface area contributed by atoms with E-state index >= 15 is 0 Å². The smallest absolute Gasteiger partial charge is 0.323 e. The van der Waals surface area contributed by atoms with E-state index in [0.29, 0.717) is 19.6 Å². The number of unbranched alkanes of at least 4 members (excludes halogenated alkanes) is 1. The third-order valence-electron chi connectivity index (χ3n) is 3.63. The zero-order chi connectivity index (χ0) is 13.6. The highest BCUT2D eigenvalue weighted by atomic mass is 16.5. The van der Waals surface area contributed by atoms with Crippen molar-refractivity contribution in [3.8, 4) is 0 Å². The molecule has 1 aliphatic rings. The van der Waals surface area contributed by atoms with Gasteiger partial charge in [-0.1, -0.05) is 13.3 Å². The molecule has 0 radical (unpaired) electrons. The van der Waals surface area contributed by atoms with Crippen LogP contribution in [0.4, 0.5) is 0 Å². The number of aliphatic hydroxyl groups excluding tert-OH is 1. The first-order valence-electron chi connectivity index (χ1n) is 6.75. The maximum atomic E-state index is 11.3. The molecule has 1 heterocycles. The van der Waals surface area contributed by atoms with E-state index in [1.165, 1.54) is 0 Å². The van der Waals surface area contributed by atoms with Crippen molar-refractivity contribution in [2.75, 3.05) is 26.3 Å². The van der Waals surface area contributed by atoms with Crippen LogP contribution >= 0.6 is 0 Å². The number of aliphatic hydroxyl groups is 1. The van der Waals surface area contributed by atoms with E-state index in [0.717, 1.165) is 25.8 Å². The van der Waals surface area contributed by atoms with Gasteiger partial charge >= 0.3 is 5.97 Å². The second-order valence-electron chi connectivity index (χ2n) is 5.21. The highest BCUT2D eigenvalue weighted by Crippen LogP contribution is 2.29. The van der Waals surface area contributed by atoms with Gasteiger partial charge in [-0.25, -0.2) is 0 Å². The van der Waals surface area contributed by atoms with Gasteiger partial charge in [0.1, 0.15) is 5.54 Å². The average molecular weight is 259 g/mol. The lowest BCUT2D eigenvalue weighted by Crippen LogP contribution is -2.51. The van der Waals surface area contributed by atoms with E-state index < -0.39 is 17.6 Å². The largest absolute Gasteiger partial charge is 0.480 e. The molecule has 0 aromatic heterocycles. The van der Waals surface area contributed by atoms with Gasteiger partial charge in [-0.2, -0.15) is 0 Å². The van der Waals surface area contributed by atoms with Gasteiger partial charge in [0.05, 0.1) is 12.7 Å². The van der Waals surface area contributed by atoms with Gasteiger partial charge in [0, 0.05) is 13.2 Å². The van der Waals surface area contributed by atoms with Crippen LogP contribution in [-0.2, 0) is 9.53 Å². The molecule has 0 amide bonds.